The van der Waals surface area contributed by atoms with Gasteiger partial charge >= 0.3 is 0 Å². The lowest BCUT2D eigenvalue weighted by atomic mass is 10.2. The van der Waals surface area contributed by atoms with E-state index in [2.05, 4.69) is 20.8 Å². The van der Waals surface area contributed by atoms with Crippen molar-refractivity contribution in [3.8, 4) is 5.69 Å². The van der Waals surface area contributed by atoms with Gasteiger partial charge in [0, 0.05) is 22.4 Å². The summed E-state index contributed by atoms with van der Waals surface area (Å²) in [4.78, 5) is 26.1. The number of nitrogens with one attached hydrogen (secondary N) is 2. The number of nitrogens with zero attached hydrogens (tertiary/aromatic N) is 3. The fourth-order valence-corrected chi connectivity index (χ4v) is 4.68. The Bertz CT molecular complexity index is 1260. The highest BCUT2D eigenvalue weighted by atomic mass is 32.2. The van der Waals surface area contributed by atoms with Crippen molar-refractivity contribution >= 4 is 46.7 Å². The van der Waals surface area contributed by atoms with E-state index in [9.17, 15) is 9.59 Å². The van der Waals surface area contributed by atoms with Gasteiger partial charge in [-0.15, -0.1) is 10.2 Å². The molecule has 0 aliphatic heterocycles. The minimum Gasteiger partial charge on any atom is -0.326 e. The quantitative estimate of drug-likeness (QED) is 0.344. The van der Waals surface area contributed by atoms with E-state index in [4.69, 9.17) is 0 Å². The molecule has 33 heavy (non-hydrogen) atoms. The monoisotopic (exact) mass is 475 g/mol. The number of aromatic nitrogens is 3. The van der Waals surface area contributed by atoms with Gasteiger partial charge in [0.2, 0.25) is 11.8 Å². The van der Waals surface area contributed by atoms with Crippen molar-refractivity contribution in [2.24, 2.45) is 0 Å². The second-order valence-electron chi connectivity index (χ2n) is 6.96. The van der Waals surface area contributed by atoms with E-state index in [1.165, 1.54) is 18.7 Å². The van der Waals surface area contributed by atoms with Crippen molar-refractivity contribution in [2.75, 3.05) is 16.4 Å². The Morgan fingerprint density at radius 1 is 0.939 bits per heavy atom. The van der Waals surface area contributed by atoms with E-state index in [1.807, 2.05) is 72.8 Å². The molecule has 0 spiro atoms. The molecule has 166 valence electrons. The van der Waals surface area contributed by atoms with Gasteiger partial charge in [-0.25, -0.2) is 0 Å². The van der Waals surface area contributed by atoms with Gasteiger partial charge in [0.1, 0.15) is 6.33 Å². The zero-order valence-electron chi connectivity index (χ0n) is 17.8. The summed E-state index contributed by atoms with van der Waals surface area (Å²) in [6.45, 7) is 1.46. The van der Waals surface area contributed by atoms with Crippen LogP contribution in [0.2, 0.25) is 0 Å². The number of benzene rings is 3. The first-order valence-corrected chi connectivity index (χ1v) is 11.9. The van der Waals surface area contributed by atoms with Crippen LogP contribution >= 0.6 is 23.5 Å². The van der Waals surface area contributed by atoms with Gasteiger partial charge in [-0.1, -0.05) is 59.9 Å². The molecular weight excluding hydrogens is 454 g/mol. The minimum absolute atomic E-state index is 0.136. The number of rotatable bonds is 8. The van der Waals surface area contributed by atoms with Crippen LogP contribution in [0.15, 0.2) is 100 Å². The zero-order valence-corrected chi connectivity index (χ0v) is 19.4. The summed E-state index contributed by atoms with van der Waals surface area (Å²) in [5.41, 5.74) is 2.23. The summed E-state index contributed by atoms with van der Waals surface area (Å²) < 4.78 is 1.78. The highest BCUT2D eigenvalue weighted by Gasteiger charge is 2.13. The van der Waals surface area contributed by atoms with Crippen LogP contribution in [0, 0.1) is 0 Å². The van der Waals surface area contributed by atoms with Crippen molar-refractivity contribution < 1.29 is 9.59 Å². The van der Waals surface area contributed by atoms with Crippen LogP contribution in [0.3, 0.4) is 0 Å². The Morgan fingerprint density at radius 2 is 1.73 bits per heavy atom. The highest BCUT2D eigenvalue weighted by Crippen LogP contribution is 2.33. The van der Waals surface area contributed by atoms with Crippen molar-refractivity contribution in [1.82, 2.24) is 14.8 Å². The first-order valence-electron chi connectivity index (χ1n) is 10.1. The second-order valence-corrected chi connectivity index (χ2v) is 9.02. The molecule has 0 fully saturated rings. The Balaban J connectivity index is 1.41. The van der Waals surface area contributed by atoms with Crippen molar-refractivity contribution in [2.45, 2.75) is 21.9 Å². The van der Waals surface area contributed by atoms with Crippen LogP contribution in [0.1, 0.15) is 6.92 Å². The fourth-order valence-electron chi connectivity index (χ4n) is 3.03. The molecule has 0 unspecified atom stereocenters. The number of carbonyl (C=O) groups is 2. The molecule has 0 saturated heterocycles. The molecule has 0 atom stereocenters. The standard InChI is InChI=1S/C24H21N5O2S2/c1-17(30)26-18-8-7-9-19(14-18)29-16-25-28-24(29)32-15-23(31)27-21-12-5-6-13-22(21)33-20-10-3-2-4-11-20/h2-14,16H,15H2,1H3,(H,26,30)(H,27,31). The maximum absolute atomic E-state index is 12.7. The SMILES string of the molecule is CC(=O)Nc1cccc(-n2cnnc2SCC(=O)Nc2ccccc2Sc2ccccc2)c1. The number of para-hydroxylation sites is 1. The molecule has 2 N–H and O–H groups in total. The first-order chi connectivity index (χ1) is 16.1. The molecule has 1 heterocycles. The van der Waals surface area contributed by atoms with Crippen LogP contribution in [-0.2, 0) is 9.59 Å². The van der Waals surface area contributed by atoms with Gasteiger partial charge < -0.3 is 10.6 Å². The Hall–Kier alpha value is -3.56. The van der Waals surface area contributed by atoms with Gasteiger partial charge in [-0.05, 0) is 42.5 Å². The lowest BCUT2D eigenvalue weighted by molar-refractivity contribution is -0.114. The average Bonchev–Trinajstić information content (AvgIpc) is 3.28. The summed E-state index contributed by atoms with van der Waals surface area (Å²) in [5.74, 6) is -0.107. The van der Waals surface area contributed by atoms with Gasteiger partial charge in [0.05, 0.1) is 17.1 Å². The third kappa shape index (κ3) is 6.24. The van der Waals surface area contributed by atoms with E-state index in [1.54, 1.807) is 28.7 Å². The molecule has 7 nitrogen and oxygen atoms in total. The average molecular weight is 476 g/mol. The molecule has 2 amide bonds. The minimum atomic E-state index is -0.145. The second kappa shape index (κ2) is 10.8. The van der Waals surface area contributed by atoms with E-state index in [-0.39, 0.29) is 17.6 Å². The predicted molar refractivity (Wildman–Crippen MR) is 132 cm³/mol. The molecule has 0 bridgehead atoms. The fraction of sp³-hybridized carbons (Fsp3) is 0.0833. The van der Waals surface area contributed by atoms with Crippen molar-refractivity contribution in [3.05, 3.63) is 85.2 Å². The van der Waals surface area contributed by atoms with E-state index in [0.717, 1.165) is 21.2 Å². The number of hydrogen-bond donors (Lipinski definition) is 2. The molecule has 3 aromatic carbocycles. The predicted octanol–water partition coefficient (Wildman–Crippen LogP) is 5.11. The van der Waals surface area contributed by atoms with Crippen LogP contribution in [0.4, 0.5) is 11.4 Å². The van der Waals surface area contributed by atoms with E-state index < -0.39 is 0 Å². The third-order valence-electron chi connectivity index (χ3n) is 4.43. The maximum atomic E-state index is 12.7. The Labute approximate surface area is 200 Å². The number of hydrogen-bond acceptors (Lipinski definition) is 6. The van der Waals surface area contributed by atoms with Crippen LogP contribution in [-0.4, -0.2) is 32.3 Å². The van der Waals surface area contributed by atoms with Gasteiger partial charge in [0.25, 0.3) is 0 Å². The molecule has 4 rings (SSSR count). The molecule has 0 radical (unpaired) electrons. The highest BCUT2D eigenvalue weighted by molar-refractivity contribution is 8.00. The molecule has 0 aliphatic rings. The number of amides is 2. The number of anilines is 2. The molecule has 0 aliphatic carbocycles. The topological polar surface area (TPSA) is 88.9 Å². The largest absolute Gasteiger partial charge is 0.326 e. The summed E-state index contributed by atoms with van der Waals surface area (Å²) in [6.07, 6.45) is 1.58. The molecular formula is C24H21N5O2S2. The Kier molecular flexibility index (Phi) is 7.43. The molecule has 1 aromatic heterocycles. The number of thioether (sulfide) groups is 1. The summed E-state index contributed by atoms with van der Waals surface area (Å²) in [6, 6.07) is 25.1. The van der Waals surface area contributed by atoms with Crippen LogP contribution < -0.4 is 10.6 Å². The summed E-state index contributed by atoms with van der Waals surface area (Å²) >= 11 is 2.89. The smallest absolute Gasteiger partial charge is 0.234 e. The van der Waals surface area contributed by atoms with E-state index >= 15 is 0 Å². The lowest BCUT2D eigenvalue weighted by Gasteiger charge is -2.11. The Morgan fingerprint density at radius 3 is 2.55 bits per heavy atom. The van der Waals surface area contributed by atoms with Crippen molar-refractivity contribution in [3.63, 3.8) is 0 Å². The van der Waals surface area contributed by atoms with Crippen LogP contribution in [0.25, 0.3) is 5.69 Å². The maximum Gasteiger partial charge on any atom is 0.234 e. The first kappa shape index (κ1) is 22.6. The molecule has 0 saturated carbocycles. The zero-order chi connectivity index (χ0) is 23.0. The van der Waals surface area contributed by atoms with Gasteiger partial charge in [-0.3, -0.25) is 14.2 Å². The normalized spacial score (nSPS) is 10.6. The van der Waals surface area contributed by atoms with Gasteiger partial charge in [0.15, 0.2) is 5.16 Å². The molecule has 4 aromatic rings. The number of carbonyl (C=O) groups excluding carboxylic acids is 2. The van der Waals surface area contributed by atoms with Crippen molar-refractivity contribution in [1.29, 1.82) is 0 Å². The summed E-state index contributed by atoms with van der Waals surface area (Å²) in [7, 11) is 0. The van der Waals surface area contributed by atoms with Gasteiger partial charge in [-0.2, -0.15) is 0 Å². The van der Waals surface area contributed by atoms with E-state index in [0.29, 0.717) is 10.8 Å². The van der Waals surface area contributed by atoms with Crippen LogP contribution in [0.5, 0.6) is 0 Å². The lowest BCUT2D eigenvalue weighted by Crippen LogP contribution is -2.15. The summed E-state index contributed by atoms with van der Waals surface area (Å²) in [5, 5.41) is 14.5. The molecule has 9 heteroatoms. The third-order valence-corrected chi connectivity index (χ3v) is 6.45.